The lowest BCUT2D eigenvalue weighted by Gasteiger charge is -2.34. The van der Waals surface area contributed by atoms with Gasteiger partial charge in [-0.1, -0.05) is 19.9 Å². The fraction of sp³-hybridized carbons (Fsp3) is 0.667. The van der Waals surface area contributed by atoms with Crippen LogP contribution in [0.1, 0.15) is 42.5 Å². The van der Waals surface area contributed by atoms with E-state index >= 15 is 0 Å². The average Bonchev–Trinajstić information content (AvgIpc) is 2.60. The van der Waals surface area contributed by atoms with Gasteiger partial charge in [0.15, 0.2) is 0 Å². The van der Waals surface area contributed by atoms with E-state index in [1.165, 1.54) is 0 Å². The molecule has 0 aliphatic carbocycles. The third-order valence-corrected chi connectivity index (χ3v) is 7.81. The Kier molecular flexibility index (Phi) is 7.65. The largest absolute Gasteiger partial charge is 0.355 e. The predicted molar refractivity (Wildman–Crippen MR) is 113 cm³/mol. The summed E-state index contributed by atoms with van der Waals surface area (Å²) in [6, 6.07) is 2.04. The van der Waals surface area contributed by atoms with Crippen molar-refractivity contribution in [2.24, 2.45) is 5.92 Å². The molecule has 0 bridgehead atoms. The number of nitrogens with zero attached hydrogens (tertiary/aromatic N) is 2. The molecular weight excluding hydrogens is 374 g/mol. The summed E-state index contributed by atoms with van der Waals surface area (Å²) >= 11 is 0. The van der Waals surface area contributed by atoms with Gasteiger partial charge >= 0.3 is 0 Å². The Balaban J connectivity index is 2.00. The van der Waals surface area contributed by atoms with Crippen LogP contribution in [0.25, 0.3) is 0 Å². The first-order valence-electron chi connectivity index (χ1n) is 10.1. The Morgan fingerprint density at radius 1 is 1.04 bits per heavy atom. The van der Waals surface area contributed by atoms with Crippen molar-refractivity contribution in [3.63, 3.8) is 0 Å². The number of hydrogen-bond donors (Lipinski definition) is 1. The standard InChI is InChI=1S/C21H35N3O3S/c1-15(2)7-8-22-20(25)14-23-9-11-24(12-10-23)28(26,27)21-18(5)16(3)13-17(4)19(21)6/h13,15H,7-12,14H2,1-6H3,(H,22,25). The van der Waals surface area contributed by atoms with Crippen LogP contribution in [0.15, 0.2) is 11.0 Å². The number of rotatable bonds is 7. The van der Waals surface area contributed by atoms with Crippen LogP contribution >= 0.6 is 0 Å². The molecule has 1 aliphatic rings. The van der Waals surface area contributed by atoms with Gasteiger partial charge in [-0.15, -0.1) is 0 Å². The van der Waals surface area contributed by atoms with Gasteiger partial charge in [0.2, 0.25) is 15.9 Å². The van der Waals surface area contributed by atoms with Crippen molar-refractivity contribution in [1.82, 2.24) is 14.5 Å². The second-order valence-corrected chi connectivity index (χ2v) is 10.2. The number of carbonyl (C=O) groups is 1. The smallest absolute Gasteiger partial charge is 0.243 e. The number of carbonyl (C=O) groups excluding carboxylic acids is 1. The van der Waals surface area contributed by atoms with Crippen LogP contribution in [0.5, 0.6) is 0 Å². The van der Waals surface area contributed by atoms with Gasteiger partial charge in [-0.2, -0.15) is 4.31 Å². The lowest BCUT2D eigenvalue weighted by Crippen LogP contribution is -2.51. The first-order valence-corrected chi connectivity index (χ1v) is 11.5. The summed E-state index contributed by atoms with van der Waals surface area (Å²) in [6.07, 6.45) is 0.965. The van der Waals surface area contributed by atoms with E-state index in [2.05, 4.69) is 19.2 Å². The summed E-state index contributed by atoms with van der Waals surface area (Å²) in [4.78, 5) is 14.5. The van der Waals surface area contributed by atoms with Crippen LogP contribution < -0.4 is 5.32 Å². The monoisotopic (exact) mass is 409 g/mol. The highest BCUT2D eigenvalue weighted by Gasteiger charge is 2.32. The summed E-state index contributed by atoms with van der Waals surface area (Å²) in [5.41, 5.74) is 3.65. The van der Waals surface area contributed by atoms with Crippen LogP contribution in [0, 0.1) is 33.6 Å². The van der Waals surface area contributed by atoms with Gasteiger partial charge in [0.1, 0.15) is 0 Å². The first-order chi connectivity index (χ1) is 13.0. The number of piperazine rings is 1. The summed E-state index contributed by atoms with van der Waals surface area (Å²) in [5.74, 6) is 0.573. The molecule has 1 heterocycles. The fourth-order valence-corrected chi connectivity index (χ4v) is 5.58. The van der Waals surface area contributed by atoms with Crippen molar-refractivity contribution in [3.8, 4) is 0 Å². The summed E-state index contributed by atoms with van der Waals surface area (Å²) < 4.78 is 28.2. The van der Waals surface area contributed by atoms with Gasteiger partial charge in [-0.3, -0.25) is 9.69 Å². The fourth-order valence-electron chi connectivity index (χ4n) is 3.58. The van der Waals surface area contributed by atoms with E-state index in [4.69, 9.17) is 0 Å². The van der Waals surface area contributed by atoms with E-state index in [9.17, 15) is 13.2 Å². The average molecular weight is 410 g/mol. The minimum atomic E-state index is -3.54. The van der Waals surface area contributed by atoms with Gasteiger partial charge in [-0.05, 0) is 62.3 Å². The quantitative estimate of drug-likeness (QED) is 0.751. The Morgan fingerprint density at radius 2 is 1.57 bits per heavy atom. The van der Waals surface area contributed by atoms with E-state index in [0.29, 0.717) is 50.1 Å². The normalized spacial score (nSPS) is 16.5. The first kappa shape index (κ1) is 22.8. The third-order valence-electron chi connectivity index (χ3n) is 5.64. The molecule has 0 unspecified atom stereocenters. The van der Waals surface area contributed by atoms with Crippen molar-refractivity contribution in [2.75, 3.05) is 39.3 Å². The molecule has 1 saturated heterocycles. The van der Waals surface area contributed by atoms with E-state index in [1.807, 2.05) is 38.7 Å². The minimum Gasteiger partial charge on any atom is -0.355 e. The SMILES string of the molecule is Cc1cc(C)c(C)c(S(=O)(=O)N2CCN(CC(=O)NCCC(C)C)CC2)c1C. The highest BCUT2D eigenvalue weighted by atomic mass is 32.2. The van der Waals surface area contributed by atoms with Gasteiger partial charge in [0.05, 0.1) is 11.4 Å². The molecular formula is C21H35N3O3S. The van der Waals surface area contributed by atoms with Crippen LogP contribution in [-0.4, -0.2) is 62.8 Å². The Labute approximate surface area is 170 Å². The van der Waals surface area contributed by atoms with Crippen molar-refractivity contribution in [2.45, 2.75) is 52.9 Å². The van der Waals surface area contributed by atoms with Crippen LogP contribution in [0.2, 0.25) is 0 Å². The lowest BCUT2D eigenvalue weighted by atomic mass is 10.0. The molecule has 0 spiro atoms. The summed E-state index contributed by atoms with van der Waals surface area (Å²) in [5, 5.41) is 2.94. The molecule has 0 radical (unpaired) electrons. The van der Waals surface area contributed by atoms with E-state index in [0.717, 1.165) is 28.7 Å². The maximum absolute atomic E-state index is 13.3. The molecule has 28 heavy (non-hydrogen) atoms. The summed E-state index contributed by atoms with van der Waals surface area (Å²) in [7, 11) is -3.54. The van der Waals surface area contributed by atoms with Crippen LogP contribution in [0.3, 0.4) is 0 Å². The van der Waals surface area contributed by atoms with E-state index < -0.39 is 10.0 Å². The zero-order chi connectivity index (χ0) is 21.1. The second kappa shape index (κ2) is 9.37. The Bertz CT molecular complexity index is 784. The molecule has 0 atom stereocenters. The zero-order valence-corrected chi connectivity index (χ0v) is 18.9. The molecule has 158 valence electrons. The van der Waals surface area contributed by atoms with Crippen molar-refractivity contribution >= 4 is 15.9 Å². The van der Waals surface area contributed by atoms with E-state index in [1.54, 1.807) is 4.31 Å². The molecule has 1 N–H and O–H groups in total. The molecule has 1 aromatic rings. The lowest BCUT2D eigenvalue weighted by molar-refractivity contribution is -0.122. The molecule has 2 rings (SSSR count). The molecule has 1 aliphatic heterocycles. The Morgan fingerprint density at radius 3 is 2.07 bits per heavy atom. The van der Waals surface area contributed by atoms with Gasteiger partial charge in [0.25, 0.3) is 0 Å². The molecule has 1 amide bonds. The third kappa shape index (κ3) is 5.33. The molecule has 1 fully saturated rings. The molecule has 0 aromatic heterocycles. The summed E-state index contributed by atoms with van der Waals surface area (Å²) in [6.45, 7) is 14.9. The van der Waals surface area contributed by atoms with Gasteiger partial charge in [-0.25, -0.2) is 8.42 Å². The highest BCUT2D eigenvalue weighted by molar-refractivity contribution is 7.89. The van der Waals surface area contributed by atoms with E-state index in [-0.39, 0.29) is 5.91 Å². The number of benzene rings is 1. The molecule has 6 nitrogen and oxygen atoms in total. The maximum Gasteiger partial charge on any atom is 0.243 e. The van der Waals surface area contributed by atoms with Crippen molar-refractivity contribution in [3.05, 3.63) is 28.3 Å². The second-order valence-electron chi connectivity index (χ2n) is 8.30. The van der Waals surface area contributed by atoms with Gasteiger partial charge in [0, 0.05) is 32.7 Å². The minimum absolute atomic E-state index is 0.0120. The van der Waals surface area contributed by atoms with Crippen molar-refractivity contribution < 1.29 is 13.2 Å². The number of sulfonamides is 1. The topological polar surface area (TPSA) is 69.7 Å². The number of nitrogens with one attached hydrogen (secondary N) is 1. The molecule has 7 heteroatoms. The number of hydrogen-bond acceptors (Lipinski definition) is 4. The highest BCUT2D eigenvalue weighted by Crippen LogP contribution is 2.29. The molecule has 0 saturated carbocycles. The van der Waals surface area contributed by atoms with Crippen LogP contribution in [0.4, 0.5) is 0 Å². The number of aryl methyl sites for hydroxylation is 2. The maximum atomic E-state index is 13.3. The van der Waals surface area contributed by atoms with Crippen LogP contribution in [-0.2, 0) is 14.8 Å². The Hall–Kier alpha value is -1.44. The zero-order valence-electron chi connectivity index (χ0n) is 18.1. The predicted octanol–water partition coefficient (Wildman–Crippen LogP) is 2.39. The number of amides is 1. The van der Waals surface area contributed by atoms with Gasteiger partial charge < -0.3 is 5.32 Å². The molecule has 1 aromatic carbocycles. The van der Waals surface area contributed by atoms with Crippen molar-refractivity contribution in [1.29, 1.82) is 0 Å².